The van der Waals surface area contributed by atoms with Crippen molar-refractivity contribution in [1.82, 2.24) is 15.5 Å². The van der Waals surface area contributed by atoms with Crippen molar-refractivity contribution < 1.29 is 22.4 Å². The maximum absolute atomic E-state index is 13.4. The van der Waals surface area contributed by atoms with Crippen LogP contribution in [0.4, 0.5) is 29.1 Å². The Kier molecular flexibility index (Phi) is 7.11. The predicted octanol–water partition coefficient (Wildman–Crippen LogP) is 6.35. The first-order valence-electron chi connectivity index (χ1n) is 10.9. The van der Waals surface area contributed by atoms with Gasteiger partial charge in [0.1, 0.15) is 11.6 Å². The summed E-state index contributed by atoms with van der Waals surface area (Å²) >= 11 is 5.99. The first-order chi connectivity index (χ1) is 16.2. The molecule has 1 heterocycles. The molecule has 10 heteroatoms. The average molecular weight is 495 g/mol. The summed E-state index contributed by atoms with van der Waals surface area (Å²) in [5.74, 6) is 0.176. The van der Waals surface area contributed by atoms with Crippen LogP contribution in [0, 0.1) is 11.7 Å². The van der Waals surface area contributed by atoms with Crippen molar-refractivity contribution in [3.63, 3.8) is 0 Å². The molecule has 0 saturated heterocycles. The normalized spacial score (nSPS) is 18.5. The van der Waals surface area contributed by atoms with Gasteiger partial charge in [-0.1, -0.05) is 11.6 Å². The summed E-state index contributed by atoms with van der Waals surface area (Å²) in [6.45, 7) is 0.675. The van der Waals surface area contributed by atoms with Gasteiger partial charge < -0.3 is 10.2 Å². The number of hydrogen-bond donors (Lipinski definition) is 2. The van der Waals surface area contributed by atoms with Gasteiger partial charge in [-0.3, -0.25) is 9.89 Å². The zero-order chi connectivity index (χ0) is 24.3. The standard InChI is InChI=1S/C24H23ClF4N4O/c25-21-10-3-16(24(27,28)29)13-20(21)23(34)31-18-6-1-15(2-7-18)14-33(22-11-12-30-32-22)19-8-4-17(26)5-9-19/h3-5,8-13,15,18H,1-2,6-7,14H2,(H,30,32)(H,31,34)/t15-,18+. The highest BCUT2D eigenvalue weighted by molar-refractivity contribution is 6.33. The summed E-state index contributed by atoms with van der Waals surface area (Å²) in [7, 11) is 0. The molecule has 2 N–H and O–H groups in total. The van der Waals surface area contributed by atoms with Gasteiger partial charge in [0.05, 0.1) is 22.3 Å². The Labute approximate surface area is 199 Å². The number of hydrogen-bond acceptors (Lipinski definition) is 3. The number of H-pyrrole nitrogens is 1. The monoisotopic (exact) mass is 494 g/mol. The molecule has 1 fully saturated rings. The fourth-order valence-corrected chi connectivity index (χ4v) is 4.45. The molecule has 34 heavy (non-hydrogen) atoms. The lowest BCUT2D eigenvalue weighted by molar-refractivity contribution is -0.137. The van der Waals surface area contributed by atoms with Crippen LogP contribution in [0.1, 0.15) is 41.6 Å². The van der Waals surface area contributed by atoms with Crippen LogP contribution in [0.3, 0.4) is 0 Å². The third-order valence-corrected chi connectivity index (χ3v) is 6.41. The van der Waals surface area contributed by atoms with E-state index in [1.54, 1.807) is 18.3 Å². The molecule has 180 valence electrons. The first-order valence-corrected chi connectivity index (χ1v) is 11.3. The Morgan fingerprint density at radius 3 is 2.41 bits per heavy atom. The van der Waals surface area contributed by atoms with Gasteiger partial charge in [-0.15, -0.1) is 0 Å². The van der Waals surface area contributed by atoms with E-state index in [0.29, 0.717) is 25.3 Å². The van der Waals surface area contributed by atoms with Crippen molar-refractivity contribution in [2.45, 2.75) is 37.9 Å². The molecule has 0 atom stereocenters. The lowest BCUT2D eigenvalue weighted by Crippen LogP contribution is -2.39. The van der Waals surface area contributed by atoms with Crippen LogP contribution in [-0.4, -0.2) is 28.7 Å². The third kappa shape index (κ3) is 5.70. The van der Waals surface area contributed by atoms with Gasteiger partial charge in [-0.05, 0) is 74.1 Å². The molecular weight excluding hydrogens is 472 g/mol. The molecule has 0 unspecified atom stereocenters. The van der Waals surface area contributed by atoms with Crippen molar-refractivity contribution in [2.75, 3.05) is 11.4 Å². The maximum atomic E-state index is 13.4. The lowest BCUT2D eigenvalue weighted by atomic mass is 9.85. The Hall–Kier alpha value is -3.07. The van der Waals surface area contributed by atoms with Crippen molar-refractivity contribution in [3.05, 3.63) is 76.7 Å². The molecule has 3 aromatic rings. The highest BCUT2D eigenvalue weighted by atomic mass is 35.5. The van der Waals surface area contributed by atoms with E-state index in [1.165, 1.54) is 12.1 Å². The third-order valence-electron chi connectivity index (χ3n) is 6.08. The number of benzene rings is 2. The van der Waals surface area contributed by atoms with Crippen LogP contribution in [0.15, 0.2) is 54.7 Å². The van der Waals surface area contributed by atoms with Crippen molar-refractivity contribution in [1.29, 1.82) is 0 Å². The zero-order valence-corrected chi connectivity index (χ0v) is 18.8. The molecule has 4 rings (SSSR count). The van der Waals surface area contributed by atoms with Gasteiger partial charge in [0.15, 0.2) is 0 Å². The summed E-state index contributed by atoms with van der Waals surface area (Å²) in [6, 6.07) is 10.7. The van der Waals surface area contributed by atoms with Gasteiger partial charge >= 0.3 is 6.18 Å². The highest BCUT2D eigenvalue weighted by Crippen LogP contribution is 2.33. The first kappa shape index (κ1) is 24.1. The largest absolute Gasteiger partial charge is 0.416 e. The van der Waals surface area contributed by atoms with Crippen molar-refractivity contribution in [2.24, 2.45) is 5.92 Å². The molecule has 1 saturated carbocycles. The second-order valence-corrected chi connectivity index (χ2v) is 8.82. The molecule has 5 nitrogen and oxygen atoms in total. The average Bonchev–Trinajstić information content (AvgIpc) is 3.33. The van der Waals surface area contributed by atoms with E-state index in [1.807, 2.05) is 11.0 Å². The van der Waals surface area contributed by atoms with Crippen LogP contribution in [0.2, 0.25) is 5.02 Å². The molecule has 0 radical (unpaired) electrons. The van der Waals surface area contributed by atoms with E-state index in [0.717, 1.165) is 42.5 Å². The quantitative estimate of drug-likeness (QED) is 0.393. The predicted molar refractivity (Wildman–Crippen MR) is 122 cm³/mol. The second kappa shape index (κ2) is 10.0. The fraction of sp³-hybridized carbons (Fsp3) is 0.333. The maximum Gasteiger partial charge on any atom is 0.416 e. The number of rotatable bonds is 6. The van der Waals surface area contributed by atoms with Gasteiger partial charge in [0.2, 0.25) is 0 Å². The minimum atomic E-state index is -4.55. The molecule has 0 aliphatic heterocycles. The molecule has 1 aliphatic carbocycles. The van der Waals surface area contributed by atoms with Crippen molar-refractivity contribution >= 4 is 29.0 Å². The summed E-state index contributed by atoms with van der Waals surface area (Å²) in [6.07, 6.45) is 0.0978. The SMILES string of the molecule is O=C(N[C@H]1CC[C@@H](CN(c2ccc(F)cc2)c2ccn[nH]2)CC1)c1cc(C(F)(F)F)ccc1Cl. The number of halogens is 5. The number of carbonyl (C=O) groups is 1. The van der Waals surface area contributed by atoms with E-state index in [4.69, 9.17) is 11.6 Å². The molecule has 1 aromatic heterocycles. The second-order valence-electron chi connectivity index (χ2n) is 8.41. The summed E-state index contributed by atoms with van der Waals surface area (Å²) in [5, 5.41) is 9.77. The molecule has 0 bridgehead atoms. The fourth-order valence-electron chi connectivity index (χ4n) is 4.25. The number of nitrogens with zero attached hydrogens (tertiary/aromatic N) is 2. The zero-order valence-electron chi connectivity index (χ0n) is 18.1. The molecule has 1 amide bonds. The van der Waals surface area contributed by atoms with Crippen LogP contribution in [-0.2, 0) is 6.18 Å². The molecular formula is C24H23ClF4N4O. The van der Waals surface area contributed by atoms with Crippen LogP contribution >= 0.6 is 11.6 Å². The number of carbonyl (C=O) groups excluding carboxylic acids is 1. The minimum Gasteiger partial charge on any atom is -0.349 e. The summed E-state index contributed by atoms with van der Waals surface area (Å²) in [4.78, 5) is 14.7. The van der Waals surface area contributed by atoms with E-state index in [2.05, 4.69) is 15.5 Å². The number of alkyl halides is 3. The molecule has 0 spiro atoms. The minimum absolute atomic E-state index is 0.0197. The van der Waals surface area contributed by atoms with Gasteiger partial charge in [-0.2, -0.15) is 18.3 Å². The number of amides is 1. The smallest absolute Gasteiger partial charge is 0.349 e. The van der Waals surface area contributed by atoms with Gasteiger partial charge in [-0.25, -0.2) is 4.39 Å². The van der Waals surface area contributed by atoms with E-state index >= 15 is 0 Å². The number of anilines is 2. The topological polar surface area (TPSA) is 61.0 Å². The highest BCUT2D eigenvalue weighted by Gasteiger charge is 2.32. The van der Waals surface area contributed by atoms with Crippen LogP contribution in [0.25, 0.3) is 0 Å². The Morgan fingerprint density at radius 2 is 1.79 bits per heavy atom. The van der Waals surface area contributed by atoms with Crippen LogP contribution < -0.4 is 10.2 Å². The summed E-state index contributed by atoms with van der Waals surface area (Å²) < 4.78 is 52.4. The van der Waals surface area contributed by atoms with E-state index < -0.39 is 17.6 Å². The van der Waals surface area contributed by atoms with E-state index in [9.17, 15) is 22.4 Å². The Morgan fingerprint density at radius 1 is 1.09 bits per heavy atom. The number of nitrogens with one attached hydrogen (secondary N) is 2. The van der Waals surface area contributed by atoms with Crippen molar-refractivity contribution in [3.8, 4) is 0 Å². The molecule has 2 aromatic carbocycles. The Bertz CT molecular complexity index is 1110. The lowest BCUT2D eigenvalue weighted by Gasteiger charge is -2.33. The van der Waals surface area contributed by atoms with Crippen LogP contribution in [0.5, 0.6) is 0 Å². The molecule has 1 aliphatic rings. The van der Waals surface area contributed by atoms with E-state index in [-0.39, 0.29) is 22.4 Å². The Balaban J connectivity index is 1.37. The summed E-state index contributed by atoms with van der Waals surface area (Å²) in [5.41, 5.74) is -0.258. The van der Waals surface area contributed by atoms with Gasteiger partial charge in [0, 0.05) is 24.3 Å². The van der Waals surface area contributed by atoms with Gasteiger partial charge in [0.25, 0.3) is 5.91 Å². The number of aromatic amines is 1. The number of aromatic nitrogens is 2.